The van der Waals surface area contributed by atoms with Crippen molar-refractivity contribution in [1.82, 2.24) is 0 Å². The van der Waals surface area contributed by atoms with E-state index in [0.29, 0.717) is 34.9 Å². The number of hydrogen-bond donors (Lipinski definition) is 1. The fraction of sp³-hybridized carbons (Fsp3) is 0.350. The van der Waals surface area contributed by atoms with Gasteiger partial charge in [0.2, 0.25) is 10.0 Å². The van der Waals surface area contributed by atoms with Crippen LogP contribution in [0.1, 0.15) is 29.8 Å². The van der Waals surface area contributed by atoms with Gasteiger partial charge in [0, 0.05) is 17.7 Å². The molecule has 7 nitrogen and oxygen atoms in total. The molecule has 0 saturated heterocycles. The lowest BCUT2D eigenvalue weighted by molar-refractivity contribution is 0.102. The predicted molar refractivity (Wildman–Crippen MR) is 109 cm³/mol. The topological polar surface area (TPSA) is 84.9 Å². The van der Waals surface area contributed by atoms with Crippen molar-refractivity contribution in [2.24, 2.45) is 0 Å². The lowest BCUT2D eigenvalue weighted by Gasteiger charge is -2.23. The van der Waals surface area contributed by atoms with Gasteiger partial charge in [0.1, 0.15) is 11.5 Å². The molecule has 0 bridgehead atoms. The Morgan fingerprint density at radius 1 is 1.18 bits per heavy atom. The normalized spacial score (nSPS) is 15.9. The van der Waals surface area contributed by atoms with Gasteiger partial charge in [-0.25, -0.2) is 8.42 Å². The van der Waals surface area contributed by atoms with E-state index < -0.39 is 10.0 Å². The molecule has 0 fully saturated rings. The Bertz CT molecular complexity index is 1000. The van der Waals surface area contributed by atoms with E-state index in [9.17, 15) is 13.2 Å². The van der Waals surface area contributed by atoms with E-state index in [1.807, 2.05) is 6.92 Å². The van der Waals surface area contributed by atoms with Crippen LogP contribution in [0, 0.1) is 0 Å². The number of ether oxygens (including phenoxy) is 2. The molecule has 0 radical (unpaired) electrons. The number of carbonyl (C=O) groups excluding carboxylic acids is 1. The fourth-order valence-corrected chi connectivity index (χ4v) is 4.78. The van der Waals surface area contributed by atoms with E-state index in [1.165, 1.54) is 11.4 Å². The maximum Gasteiger partial charge on any atom is 0.255 e. The molecular formula is C20H24N2O5S. The lowest BCUT2D eigenvalue weighted by atomic mass is 10.1. The Kier molecular flexibility index (Phi) is 5.51. The summed E-state index contributed by atoms with van der Waals surface area (Å²) < 4.78 is 36.7. The molecule has 1 amide bonds. The number of fused-ring (bicyclic) bond motifs is 1. The molecule has 1 aliphatic heterocycles. The van der Waals surface area contributed by atoms with Crippen LogP contribution in [0.15, 0.2) is 36.4 Å². The minimum atomic E-state index is -3.35. The predicted octanol–water partition coefficient (Wildman–Crippen LogP) is 3.06. The van der Waals surface area contributed by atoms with Crippen molar-refractivity contribution < 1.29 is 22.7 Å². The molecule has 3 rings (SSSR count). The fourth-order valence-electron chi connectivity index (χ4n) is 3.40. The summed E-state index contributed by atoms with van der Waals surface area (Å²) in [5.74, 6) is 0.855. The Morgan fingerprint density at radius 2 is 1.93 bits per heavy atom. The van der Waals surface area contributed by atoms with Gasteiger partial charge < -0.3 is 14.8 Å². The first kappa shape index (κ1) is 20.0. The standard InChI is InChI=1S/C20H24N2O5S/c1-5-28(24,25)22-13(2)10-15-11-14(6-9-18(15)22)20(23)21-17-8-7-16(26-3)12-19(17)27-4/h6-9,11-13H,5,10H2,1-4H3,(H,21,23)/t13-/m1/s1. The summed E-state index contributed by atoms with van der Waals surface area (Å²) in [5.41, 5.74) is 2.48. The number of methoxy groups -OCH3 is 2. The highest BCUT2D eigenvalue weighted by Crippen LogP contribution is 2.36. The summed E-state index contributed by atoms with van der Waals surface area (Å²) in [6.45, 7) is 3.50. The SMILES string of the molecule is CCS(=O)(=O)N1c2ccc(C(=O)Nc3ccc(OC)cc3OC)cc2C[C@H]1C. The number of nitrogens with one attached hydrogen (secondary N) is 1. The molecule has 1 N–H and O–H groups in total. The molecule has 1 aliphatic rings. The third kappa shape index (κ3) is 3.64. The zero-order valence-corrected chi connectivity index (χ0v) is 17.2. The number of amides is 1. The molecule has 0 saturated carbocycles. The first-order valence-corrected chi connectivity index (χ1v) is 10.6. The molecule has 150 valence electrons. The second kappa shape index (κ2) is 7.71. The first-order valence-electron chi connectivity index (χ1n) is 8.99. The molecule has 2 aromatic carbocycles. The molecule has 0 aromatic heterocycles. The van der Waals surface area contributed by atoms with E-state index in [0.717, 1.165) is 5.56 Å². The van der Waals surface area contributed by atoms with Gasteiger partial charge in [-0.1, -0.05) is 0 Å². The number of nitrogens with zero attached hydrogens (tertiary/aromatic N) is 1. The zero-order chi connectivity index (χ0) is 20.5. The van der Waals surface area contributed by atoms with Gasteiger partial charge in [0.15, 0.2) is 0 Å². The van der Waals surface area contributed by atoms with Gasteiger partial charge in [-0.2, -0.15) is 0 Å². The van der Waals surface area contributed by atoms with E-state index >= 15 is 0 Å². The Balaban J connectivity index is 1.87. The van der Waals surface area contributed by atoms with Gasteiger partial charge in [-0.15, -0.1) is 0 Å². The van der Waals surface area contributed by atoms with Crippen LogP contribution in [0.5, 0.6) is 11.5 Å². The minimum Gasteiger partial charge on any atom is -0.497 e. The van der Waals surface area contributed by atoms with Crippen molar-refractivity contribution in [1.29, 1.82) is 0 Å². The summed E-state index contributed by atoms with van der Waals surface area (Å²) >= 11 is 0. The van der Waals surface area contributed by atoms with Gasteiger partial charge in [-0.3, -0.25) is 9.10 Å². The number of hydrogen-bond acceptors (Lipinski definition) is 5. The highest BCUT2D eigenvalue weighted by molar-refractivity contribution is 7.92. The van der Waals surface area contributed by atoms with Crippen molar-refractivity contribution in [3.8, 4) is 11.5 Å². The summed E-state index contributed by atoms with van der Waals surface area (Å²) in [6.07, 6.45) is 0.571. The smallest absolute Gasteiger partial charge is 0.255 e. The van der Waals surface area contributed by atoms with Crippen LogP contribution in [0.4, 0.5) is 11.4 Å². The van der Waals surface area contributed by atoms with E-state index in [1.54, 1.807) is 50.4 Å². The highest BCUT2D eigenvalue weighted by Gasteiger charge is 2.34. The summed E-state index contributed by atoms with van der Waals surface area (Å²) in [7, 11) is -0.279. The first-order chi connectivity index (χ1) is 13.3. The number of rotatable bonds is 6. The monoisotopic (exact) mass is 404 g/mol. The number of carbonyl (C=O) groups is 1. The van der Waals surface area contributed by atoms with Crippen LogP contribution in [-0.4, -0.2) is 40.3 Å². The maximum atomic E-state index is 12.7. The van der Waals surface area contributed by atoms with E-state index in [4.69, 9.17) is 9.47 Å². The lowest BCUT2D eigenvalue weighted by Crippen LogP contribution is -2.36. The average molecular weight is 404 g/mol. The van der Waals surface area contributed by atoms with Crippen molar-refractivity contribution in [2.45, 2.75) is 26.3 Å². The van der Waals surface area contributed by atoms with Crippen LogP contribution in [0.3, 0.4) is 0 Å². The summed E-state index contributed by atoms with van der Waals surface area (Å²) in [4.78, 5) is 12.7. The molecule has 1 heterocycles. The molecule has 2 aromatic rings. The van der Waals surface area contributed by atoms with Crippen LogP contribution in [0.25, 0.3) is 0 Å². The average Bonchev–Trinajstić information content (AvgIpc) is 3.03. The molecule has 1 atom stereocenters. The molecule has 8 heteroatoms. The third-order valence-electron chi connectivity index (χ3n) is 4.82. The molecule has 0 aliphatic carbocycles. The van der Waals surface area contributed by atoms with Crippen molar-refractivity contribution in [2.75, 3.05) is 29.6 Å². The Morgan fingerprint density at radius 3 is 2.57 bits per heavy atom. The van der Waals surface area contributed by atoms with Crippen molar-refractivity contribution in [3.63, 3.8) is 0 Å². The number of sulfonamides is 1. The van der Waals surface area contributed by atoms with Crippen LogP contribution in [-0.2, 0) is 16.4 Å². The minimum absolute atomic E-state index is 0.0380. The molecule has 0 spiro atoms. The van der Waals surface area contributed by atoms with Gasteiger partial charge in [0.25, 0.3) is 5.91 Å². The number of anilines is 2. The maximum absolute atomic E-state index is 12.7. The Hall–Kier alpha value is -2.74. The van der Waals surface area contributed by atoms with Gasteiger partial charge >= 0.3 is 0 Å². The third-order valence-corrected chi connectivity index (χ3v) is 6.70. The zero-order valence-electron chi connectivity index (χ0n) is 16.4. The highest BCUT2D eigenvalue weighted by atomic mass is 32.2. The molecule has 0 unspecified atom stereocenters. The second-order valence-electron chi connectivity index (χ2n) is 6.61. The van der Waals surface area contributed by atoms with Gasteiger partial charge in [-0.05, 0) is 56.2 Å². The summed E-state index contributed by atoms with van der Waals surface area (Å²) in [6, 6.07) is 10.1. The summed E-state index contributed by atoms with van der Waals surface area (Å²) in [5, 5.41) is 2.83. The van der Waals surface area contributed by atoms with E-state index in [-0.39, 0.29) is 17.7 Å². The van der Waals surface area contributed by atoms with Crippen LogP contribution < -0.4 is 19.1 Å². The van der Waals surface area contributed by atoms with E-state index in [2.05, 4.69) is 5.32 Å². The van der Waals surface area contributed by atoms with Crippen LogP contribution >= 0.6 is 0 Å². The Labute approximate surface area is 165 Å². The molecule has 28 heavy (non-hydrogen) atoms. The van der Waals surface area contributed by atoms with Crippen molar-refractivity contribution >= 4 is 27.3 Å². The second-order valence-corrected chi connectivity index (χ2v) is 8.75. The number of benzene rings is 2. The largest absolute Gasteiger partial charge is 0.497 e. The quantitative estimate of drug-likeness (QED) is 0.800. The van der Waals surface area contributed by atoms with Crippen LogP contribution in [0.2, 0.25) is 0 Å². The van der Waals surface area contributed by atoms with Gasteiger partial charge in [0.05, 0.1) is 31.3 Å². The van der Waals surface area contributed by atoms with Crippen molar-refractivity contribution in [3.05, 3.63) is 47.5 Å². The molecular weight excluding hydrogens is 380 g/mol.